The van der Waals surface area contributed by atoms with E-state index in [9.17, 15) is 4.79 Å². The first kappa shape index (κ1) is 15.5. The fourth-order valence-electron chi connectivity index (χ4n) is 2.65. The van der Waals surface area contributed by atoms with Gasteiger partial charge in [-0.15, -0.1) is 0 Å². The van der Waals surface area contributed by atoms with Crippen molar-refractivity contribution in [3.8, 4) is 11.3 Å². The molecule has 1 amide bonds. The van der Waals surface area contributed by atoms with E-state index in [4.69, 9.17) is 16.0 Å². The van der Waals surface area contributed by atoms with Crippen molar-refractivity contribution >= 4 is 34.2 Å². The highest BCUT2D eigenvalue weighted by atomic mass is 35.5. The van der Waals surface area contributed by atoms with E-state index in [0.29, 0.717) is 10.6 Å². The quantitative estimate of drug-likeness (QED) is 0.493. The topological polar surface area (TPSA) is 42.2 Å². The normalized spacial score (nSPS) is 10.8. The Morgan fingerprint density at radius 3 is 2.32 bits per heavy atom. The molecule has 1 N–H and O–H groups in total. The molecule has 0 radical (unpaired) electrons. The minimum absolute atomic E-state index is 0.173. The number of carbonyl (C=O) groups is 1. The number of benzene rings is 3. The van der Waals surface area contributed by atoms with Gasteiger partial charge in [-0.05, 0) is 60.7 Å². The van der Waals surface area contributed by atoms with Crippen molar-refractivity contribution in [2.75, 3.05) is 5.32 Å². The molecule has 4 aromatic rings. The third-order valence-electron chi connectivity index (χ3n) is 3.96. The van der Waals surface area contributed by atoms with Crippen molar-refractivity contribution in [1.82, 2.24) is 0 Å². The maximum atomic E-state index is 12.2. The van der Waals surface area contributed by atoms with Crippen LogP contribution in [0.2, 0.25) is 5.02 Å². The second-order valence-corrected chi connectivity index (χ2v) is 6.12. The molecule has 0 unspecified atom stereocenters. The first-order valence-corrected chi connectivity index (χ1v) is 8.23. The van der Waals surface area contributed by atoms with Crippen LogP contribution in [-0.4, -0.2) is 5.91 Å². The summed E-state index contributed by atoms with van der Waals surface area (Å²) in [7, 11) is 0. The molecular weight excluding hydrogens is 334 g/mol. The summed E-state index contributed by atoms with van der Waals surface area (Å²) < 4.78 is 5.86. The standard InChI is InChI=1S/C21H14ClNO2/c22-17-9-5-15(6-10-17)21(24)23-18-11-7-14(8-12-18)20-13-16-3-1-2-4-19(16)25-20/h1-13H,(H,23,24). The van der Waals surface area contributed by atoms with Crippen LogP contribution >= 0.6 is 11.6 Å². The zero-order valence-corrected chi connectivity index (χ0v) is 14.0. The van der Waals surface area contributed by atoms with Crippen molar-refractivity contribution < 1.29 is 9.21 Å². The van der Waals surface area contributed by atoms with Crippen LogP contribution in [0.5, 0.6) is 0 Å². The Morgan fingerprint density at radius 2 is 1.60 bits per heavy atom. The monoisotopic (exact) mass is 347 g/mol. The van der Waals surface area contributed by atoms with Gasteiger partial charge in [0.05, 0.1) is 0 Å². The predicted molar refractivity (Wildman–Crippen MR) is 101 cm³/mol. The molecule has 0 saturated heterocycles. The van der Waals surface area contributed by atoms with Crippen LogP contribution < -0.4 is 5.32 Å². The number of hydrogen-bond acceptors (Lipinski definition) is 2. The summed E-state index contributed by atoms with van der Waals surface area (Å²) in [5.74, 6) is 0.630. The number of halogens is 1. The second-order valence-electron chi connectivity index (χ2n) is 5.69. The van der Waals surface area contributed by atoms with Crippen molar-refractivity contribution in [3.63, 3.8) is 0 Å². The lowest BCUT2D eigenvalue weighted by Gasteiger charge is -2.06. The Labute approximate surface area is 149 Å². The van der Waals surface area contributed by atoms with Gasteiger partial charge in [-0.25, -0.2) is 0 Å². The van der Waals surface area contributed by atoms with E-state index < -0.39 is 0 Å². The molecule has 122 valence electrons. The summed E-state index contributed by atoms with van der Waals surface area (Å²) in [5, 5.41) is 4.54. The lowest BCUT2D eigenvalue weighted by molar-refractivity contribution is 0.102. The van der Waals surface area contributed by atoms with Gasteiger partial charge in [-0.3, -0.25) is 4.79 Å². The summed E-state index contributed by atoms with van der Waals surface area (Å²) in [5.41, 5.74) is 3.10. The largest absolute Gasteiger partial charge is 0.456 e. The molecule has 4 rings (SSSR count). The number of nitrogens with one attached hydrogen (secondary N) is 1. The number of hydrogen-bond donors (Lipinski definition) is 1. The average molecular weight is 348 g/mol. The molecular formula is C21H14ClNO2. The molecule has 4 heteroatoms. The molecule has 0 aliphatic carbocycles. The first-order chi connectivity index (χ1) is 12.2. The summed E-state index contributed by atoms with van der Waals surface area (Å²) in [6.07, 6.45) is 0. The predicted octanol–water partition coefficient (Wildman–Crippen LogP) is 6.01. The van der Waals surface area contributed by atoms with Gasteiger partial charge in [-0.2, -0.15) is 0 Å². The van der Waals surface area contributed by atoms with Gasteiger partial charge in [0.25, 0.3) is 5.91 Å². The first-order valence-electron chi connectivity index (χ1n) is 7.85. The Kier molecular flexibility index (Phi) is 4.00. The maximum absolute atomic E-state index is 12.2. The SMILES string of the molecule is O=C(Nc1ccc(-c2cc3ccccc3o2)cc1)c1ccc(Cl)cc1. The van der Waals surface area contributed by atoms with Crippen molar-refractivity contribution in [3.05, 3.63) is 89.4 Å². The van der Waals surface area contributed by atoms with E-state index in [1.54, 1.807) is 24.3 Å². The molecule has 0 atom stereocenters. The average Bonchev–Trinajstić information content (AvgIpc) is 3.07. The van der Waals surface area contributed by atoms with E-state index >= 15 is 0 Å². The highest BCUT2D eigenvalue weighted by Gasteiger charge is 2.08. The number of para-hydroxylation sites is 1. The van der Waals surface area contributed by atoms with Gasteiger partial charge >= 0.3 is 0 Å². The van der Waals surface area contributed by atoms with Gasteiger partial charge in [0, 0.05) is 27.2 Å². The molecule has 0 aliphatic heterocycles. The van der Waals surface area contributed by atoms with Crippen molar-refractivity contribution in [1.29, 1.82) is 0 Å². The van der Waals surface area contributed by atoms with Crippen LogP contribution in [0, 0.1) is 0 Å². The Bertz CT molecular complexity index is 1000. The summed E-state index contributed by atoms with van der Waals surface area (Å²) in [4.78, 5) is 12.2. The molecule has 25 heavy (non-hydrogen) atoms. The van der Waals surface area contributed by atoms with Crippen LogP contribution in [0.3, 0.4) is 0 Å². The van der Waals surface area contributed by atoms with E-state index in [-0.39, 0.29) is 5.91 Å². The second kappa shape index (κ2) is 6.46. The molecule has 0 spiro atoms. The molecule has 0 bridgehead atoms. The fourth-order valence-corrected chi connectivity index (χ4v) is 2.77. The molecule has 0 saturated carbocycles. The van der Waals surface area contributed by atoms with Crippen molar-refractivity contribution in [2.45, 2.75) is 0 Å². The molecule has 0 fully saturated rings. The minimum atomic E-state index is -0.173. The number of fused-ring (bicyclic) bond motifs is 1. The third kappa shape index (κ3) is 3.28. The number of amides is 1. The van der Waals surface area contributed by atoms with Crippen LogP contribution in [0.25, 0.3) is 22.3 Å². The summed E-state index contributed by atoms with van der Waals surface area (Å²) in [6, 6.07) is 24.3. The Hall–Kier alpha value is -3.04. The van der Waals surface area contributed by atoms with E-state index in [1.165, 1.54) is 0 Å². The minimum Gasteiger partial charge on any atom is -0.456 e. The maximum Gasteiger partial charge on any atom is 0.255 e. The molecule has 0 aliphatic rings. The highest BCUT2D eigenvalue weighted by Crippen LogP contribution is 2.28. The number of carbonyl (C=O) groups excluding carboxylic acids is 1. The van der Waals surface area contributed by atoms with Crippen LogP contribution in [0.1, 0.15) is 10.4 Å². The van der Waals surface area contributed by atoms with E-state index in [0.717, 1.165) is 28.0 Å². The smallest absolute Gasteiger partial charge is 0.255 e. The lowest BCUT2D eigenvalue weighted by atomic mass is 10.1. The van der Waals surface area contributed by atoms with Crippen molar-refractivity contribution in [2.24, 2.45) is 0 Å². The van der Waals surface area contributed by atoms with Gasteiger partial charge < -0.3 is 9.73 Å². The van der Waals surface area contributed by atoms with Gasteiger partial charge in [0.2, 0.25) is 0 Å². The molecule has 3 nitrogen and oxygen atoms in total. The number of furan rings is 1. The van der Waals surface area contributed by atoms with Crippen LogP contribution in [-0.2, 0) is 0 Å². The third-order valence-corrected chi connectivity index (χ3v) is 4.21. The molecule has 3 aromatic carbocycles. The Balaban J connectivity index is 1.53. The number of anilines is 1. The van der Waals surface area contributed by atoms with Gasteiger partial charge in [0.15, 0.2) is 0 Å². The fraction of sp³-hybridized carbons (Fsp3) is 0. The Morgan fingerprint density at radius 1 is 0.880 bits per heavy atom. The van der Waals surface area contributed by atoms with Crippen LogP contribution in [0.4, 0.5) is 5.69 Å². The summed E-state index contributed by atoms with van der Waals surface area (Å²) >= 11 is 5.84. The lowest BCUT2D eigenvalue weighted by Crippen LogP contribution is -2.11. The van der Waals surface area contributed by atoms with Gasteiger partial charge in [0.1, 0.15) is 11.3 Å². The number of rotatable bonds is 3. The molecule has 1 heterocycles. The molecule has 1 aromatic heterocycles. The van der Waals surface area contributed by atoms with Gasteiger partial charge in [-0.1, -0.05) is 29.8 Å². The zero-order chi connectivity index (χ0) is 17.2. The van der Waals surface area contributed by atoms with E-state index in [1.807, 2.05) is 54.6 Å². The highest BCUT2D eigenvalue weighted by molar-refractivity contribution is 6.30. The van der Waals surface area contributed by atoms with Crippen LogP contribution in [0.15, 0.2) is 83.3 Å². The van der Waals surface area contributed by atoms with E-state index in [2.05, 4.69) is 5.32 Å². The zero-order valence-electron chi connectivity index (χ0n) is 13.2. The summed E-state index contributed by atoms with van der Waals surface area (Å²) in [6.45, 7) is 0.